The minimum absolute atomic E-state index is 0.143. The van der Waals surface area contributed by atoms with Crippen molar-refractivity contribution in [2.75, 3.05) is 49.1 Å². The predicted octanol–water partition coefficient (Wildman–Crippen LogP) is 3.67. The van der Waals surface area contributed by atoms with Crippen LogP contribution in [0.1, 0.15) is 39.3 Å². The van der Waals surface area contributed by atoms with Crippen molar-refractivity contribution in [3.05, 3.63) is 82.7 Å². The zero-order valence-electron chi connectivity index (χ0n) is 23.4. The SMILES string of the molecule is N#Cc1cccc2c1CN(c1cccc(N3CCN(Cc4nc5ccc(C(=O)O)cc5n4C[C@@H]4CCO4)CC3)n1)CC2. The van der Waals surface area contributed by atoms with Crippen molar-refractivity contribution in [3.63, 3.8) is 0 Å². The molecule has 2 aromatic heterocycles. The van der Waals surface area contributed by atoms with Gasteiger partial charge >= 0.3 is 5.97 Å². The number of fused-ring (bicyclic) bond motifs is 2. The molecule has 2 aromatic carbocycles. The second-order valence-corrected chi connectivity index (χ2v) is 11.3. The Balaban J connectivity index is 1.04. The van der Waals surface area contributed by atoms with E-state index < -0.39 is 5.97 Å². The van der Waals surface area contributed by atoms with Gasteiger partial charge < -0.3 is 24.2 Å². The van der Waals surface area contributed by atoms with Crippen LogP contribution in [-0.4, -0.2) is 75.9 Å². The maximum absolute atomic E-state index is 11.6. The normalized spacial score (nSPS) is 18.9. The molecule has 214 valence electrons. The molecule has 0 unspecified atom stereocenters. The van der Waals surface area contributed by atoms with Crippen molar-refractivity contribution < 1.29 is 14.6 Å². The summed E-state index contributed by atoms with van der Waals surface area (Å²) in [5.74, 6) is 1.93. The van der Waals surface area contributed by atoms with Gasteiger partial charge in [-0.2, -0.15) is 5.26 Å². The second kappa shape index (κ2) is 11.1. The highest BCUT2D eigenvalue weighted by Gasteiger charge is 2.26. The molecular weight excluding hydrogens is 530 g/mol. The van der Waals surface area contributed by atoms with Gasteiger partial charge in [0.05, 0.1) is 47.4 Å². The van der Waals surface area contributed by atoms with Crippen molar-refractivity contribution >= 4 is 28.6 Å². The van der Waals surface area contributed by atoms with Crippen molar-refractivity contribution in [3.8, 4) is 6.07 Å². The molecule has 1 atom stereocenters. The monoisotopic (exact) mass is 563 g/mol. The quantitative estimate of drug-likeness (QED) is 0.360. The Hall–Kier alpha value is -4.46. The molecule has 4 aromatic rings. The summed E-state index contributed by atoms with van der Waals surface area (Å²) in [6.07, 6.45) is 2.06. The number of pyridine rings is 1. The second-order valence-electron chi connectivity index (χ2n) is 11.3. The fraction of sp³-hybridized carbons (Fsp3) is 0.375. The molecule has 7 rings (SSSR count). The third-order valence-corrected chi connectivity index (χ3v) is 8.75. The van der Waals surface area contributed by atoms with Gasteiger partial charge in [0.1, 0.15) is 17.5 Å². The Morgan fingerprint density at radius 1 is 1.00 bits per heavy atom. The van der Waals surface area contributed by atoms with Crippen LogP contribution in [0.25, 0.3) is 11.0 Å². The summed E-state index contributed by atoms with van der Waals surface area (Å²) in [5.41, 5.74) is 5.06. The number of hydrogen-bond acceptors (Lipinski definition) is 8. The minimum Gasteiger partial charge on any atom is -0.478 e. The van der Waals surface area contributed by atoms with Gasteiger partial charge in [-0.25, -0.2) is 14.8 Å². The number of carbonyl (C=O) groups is 1. The van der Waals surface area contributed by atoms with Crippen molar-refractivity contribution in [2.24, 2.45) is 0 Å². The Bertz CT molecular complexity index is 1680. The number of rotatable bonds is 7. The molecule has 0 spiro atoms. The van der Waals surface area contributed by atoms with Crippen molar-refractivity contribution in [1.82, 2.24) is 19.4 Å². The lowest BCUT2D eigenvalue weighted by Crippen LogP contribution is -2.46. The number of ether oxygens (including phenoxy) is 1. The zero-order valence-corrected chi connectivity index (χ0v) is 23.4. The molecule has 3 aliphatic heterocycles. The summed E-state index contributed by atoms with van der Waals surface area (Å²) in [7, 11) is 0. The van der Waals surface area contributed by atoms with Crippen LogP contribution in [0.2, 0.25) is 0 Å². The molecule has 42 heavy (non-hydrogen) atoms. The Labute approximate surface area is 244 Å². The number of carboxylic acid groups (broad SMARTS) is 1. The predicted molar refractivity (Wildman–Crippen MR) is 159 cm³/mol. The minimum atomic E-state index is -0.933. The number of aromatic nitrogens is 3. The number of hydrogen-bond donors (Lipinski definition) is 1. The maximum atomic E-state index is 11.6. The number of imidazole rings is 1. The molecule has 0 bridgehead atoms. The van der Waals surface area contributed by atoms with Crippen LogP contribution in [0.3, 0.4) is 0 Å². The maximum Gasteiger partial charge on any atom is 0.335 e. The Kier molecular flexibility index (Phi) is 6.98. The van der Waals surface area contributed by atoms with Gasteiger partial charge in [-0.1, -0.05) is 18.2 Å². The van der Waals surface area contributed by atoms with Gasteiger partial charge in [-0.15, -0.1) is 0 Å². The molecule has 0 aliphatic carbocycles. The van der Waals surface area contributed by atoms with Gasteiger partial charge in [0, 0.05) is 45.9 Å². The lowest BCUT2D eigenvalue weighted by molar-refractivity contribution is -0.0592. The van der Waals surface area contributed by atoms with Gasteiger partial charge in [-0.05, 0) is 60.4 Å². The summed E-state index contributed by atoms with van der Waals surface area (Å²) >= 11 is 0. The van der Waals surface area contributed by atoms with E-state index in [1.54, 1.807) is 18.2 Å². The Morgan fingerprint density at radius 3 is 2.52 bits per heavy atom. The van der Waals surface area contributed by atoms with E-state index >= 15 is 0 Å². The molecule has 2 saturated heterocycles. The fourth-order valence-corrected chi connectivity index (χ4v) is 6.24. The number of aromatic carboxylic acids is 1. The number of piperazine rings is 1. The van der Waals surface area contributed by atoms with Crippen LogP contribution in [0, 0.1) is 11.3 Å². The summed E-state index contributed by atoms with van der Waals surface area (Å²) in [6, 6.07) is 19.7. The molecule has 10 nitrogen and oxygen atoms in total. The van der Waals surface area contributed by atoms with E-state index in [-0.39, 0.29) is 11.7 Å². The highest BCUT2D eigenvalue weighted by atomic mass is 16.5. The van der Waals surface area contributed by atoms with Crippen LogP contribution < -0.4 is 9.80 Å². The van der Waals surface area contributed by atoms with Crippen LogP contribution in [0.5, 0.6) is 0 Å². The van der Waals surface area contributed by atoms with Crippen molar-refractivity contribution in [1.29, 1.82) is 5.26 Å². The lowest BCUT2D eigenvalue weighted by atomic mass is 9.95. The van der Waals surface area contributed by atoms with Crippen LogP contribution in [-0.2, 0) is 30.8 Å². The smallest absolute Gasteiger partial charge is 0.335 e. The summed E-state index contributed by atoms with van der Waals surface area (Å²) in [4.78, 5) is 28.6. The molecule has 0 amide bonds. The van der Waals surface area contributed by atoms with E-state index in [2.05, 4.69) is 49.6 Å². The highest BCUT2D eigenvalue weighted by Crippen LogP contribution is 2.28. The number of anilines is 2. The topological polar surface area (TPSA) is 111 Å². The van der Waals surface area contributed by atoms with E-state index in [9.17, 15) is 15.2 Å². The molecule has 5 heterocycles. The average Bonchev–Trinajstić information content (AvgIpc) is 3.34. The molecule has 10 heteroatoms. The zero-order chi connectivity index (χ0) is 28.6. The summed E-state index contributed by atoms with van der Waals surface area (Å²) < 4.78 is 7.86. The number of carboxylic acids is 1. The first-order valence-corrected chi connectivity index (χ1v) is 14.6. The largest absolute Gasteiger partial charge is 0.478 e. The van der Waals surface area contributed by atoms with E-state index in [0.29, 0.717) is 19.6 Å². The summed E-state index contributed by atoms with van der Waals surface area (Å²) in [6.45, 7) is 7.19. The molecule has 0 radical (unpaired) electrons. The molecule has 2 fully saturated rings. The number of nitriles is 1. The Morgan fingerprint density at radius 2 is 1.79 bits per heavy atom. The standard InChI is InChI=1S/C32H33N7O3/c33-18-24-4-1-3-22-9-11-38(20-26(22)24)30-6-2-5-29(35-30)37-14-12-36(13-15-37)21-31-34-27-8-7-23(32(40)41)17-28(27)39(31)19-25-10-16-42-25/h1-8,17,25H,9-16,19-21H2,(H,40,41)/t25-/m0/s1. The first kappa shape index (κ1) is 26.4. The van der Waals surface area contributed by atoms with Crippen LogP contribution in [0.15, 0.2) is 54.6 Å². The van der Waals surface area contributed by atoms with Crippen LogP contribution in [0.4, 0.5) is 11.6 Å². The van der Waals surface area contributed by atoms with E-state index in [1.807, 2.05) is 12.1 Å². The third-order valence-electron chi connectivity index (χ3n) is 8.75. The van der Waals surface area contributed by atoms with Gasteiger partial charge in [0.15, 0.2) is 0 Å². The van der Waals surface area contributed by atoms with Crippen LogP contribution >= 0.6 is 0 Å². The average molecular weight is 564 g/mol. The first-order chi connectivity index (χ1) is 20.6. The third kappa shape index (κ3) is 5.06. The van der Waals surface area contributed by atoms with Gasteiger partial charge in [0.25, 0.3) is 0 Å². The first-order valence-electron chi connectivity index (χ1n) is 14.6. The number of benzene rings is 2. The molecular formula is C32H33N7O3. The van der Waals surface area contributed by atoms with Crippen molar-refractivity contribution in [2.45, 2.75) is 38.6 Å². The number of nitrogens with zero attached hydrogens (tertiary/aromatic N) is 7. The highest BCUT2D eigenvalue weighted by molar-refractivity contribution is 5.92. The van der Waals surface area contributed by atoms with Gasteiger partial charge in [0.2, 0.25) is 0 Å². The fourth-order valence-electron chi connectivity index (χ4n) is 6.24. The molecule has 3 aliphatic rings. The van der Waals surface area contributed by atoms with Gasteiger partial charge in [-0.3, -0.25) is 4.90 Å². The summed E-state index contributed by atoms with van der Waals surface area (Å²) in [5, 5.41) is 19.1. The van der Waals surface area contributed by atoms with E-state index in [1.165, 1.54) is 5.56 Å². The van der Waals surface area contributed by atoms with E-state index in [0.717, 1.165) is 91.8 Å². The molecule has 1 N–H and O–H groups in total. The molecule has 0 saturated carbocycles. The lowest BCUT2D eigenvalue weighted by Gasteiger charge is -2.36. The van der Waals surface area contributed by atoms with E-state index in [4.69, 9.17) is 14.7 Å².